The molecule has 5 heterocycles. The average Bonchev–Trinajstić information content (AvgIpc) is 2.60. The van der Waals surface area contributed by atoms with E-state index >= 15 is 0 Å². The Balaban J connectivity index is 1.18. The summed E-state index contributed by atoms with van der Waals surface area (Å²) < 4.78 is 0. The first-order chi connectivity index (χ1) is 13.1. The second-order valence-electron chi connectivity index (χ2n) is 12.2. The molecule has 4 nitrogen and oxygen atoms in total. The van der Waals surface area contributed by atoms with Crippen LogP contribution in [0.4, 0.5) is 0 Å². The minimum Gasteiger partial charge on any atom is -0.300 e. The van der Waals surface area contributed by atoms with Gasteiger partial charge >= 0.3 is 0 Å². The van der Waals surface area contributed by atoms with Crippen molar-refractivity contribution in [3.63, 3.8) is 0 Å². The molecule has 0 aliphatic carbocycles. The van der Waals surface area contributed by atoms with Gasteiger partial charge in [-0.2, -0.15) is 0 Å². The minimum atomic E-state index is 0.343. The van der Waals surface area contributed by atoms with Crippen LogP contribution in [0.1, 0.15) is 73.6 Å². The molecule has 2 bridgehead atoms. The van der Waals surface area contributed by atoms with Gasteiger partial charge in [-0.1, -0.05) is 0 Å². The Bertz CT molecular complexity index is 506. The van der Waals surface area contributed by atoms with Crippen molar-refractivity contribution < 1.29 is 0 Å². The van der Waals surface area contributed by atoms with Gasteiger partial charge in [-0.25, -0.2) is 0 Å². The van der Waals surface area contributed by atoms with Gasteiger partial charge in [-0.05, 0) is 92.7 Å². The zero-order valence-corrected chi connectivity index (χ0v) is 19.6. The molecule has 0 spiro atoms. The molecule has 5 fully saturated rings. The highest BCUT2D eigenvalue weighted by Gasteiger charge is 2.49. The van der Waals surface area contributed by atoms with Crippen LogP contribution in [0.25, 0.3) is 0 Å². The second-order valence-corrected chi connectivity index (χ2v) is 12.2. The number of rotatable bonds is 3. The lowest BCUT2D eigenvalue weighted by atomic mass is 9.81. The van der Waals surface area contributed by atoms with Gasteiger partial charge in [-0.15, -0.1) is 0 Å². The molecular weight excluding hydrogens is 344 g/mol. The molecule has 0 N–H and O–H groups in total. The van der Waals surface area contributed by atoms with Crippen LogP contribution in [-0.2, 0) is 0 Å². The third-order valence-corrected chi connectivity index (χ3v) is 8.14. The van der Waals surface area contributed by atoms with Gasteiger partial charge < -0.3 is 4.90 Å². The van der Waals surface area contributed by atoms with Crippen molar-refractivity contribution in [1.29, 1.82) is 0 Å². The molecule has 5 rings (SSSR count). The van der Waals surface area contributed by atoms with Crippen molar-refractivity contribution in [3.05, 3.63) is 0 Å². The summed E-state index contributed by atoms with van der Waals surface area (Å²) in [5, 5.41) is 0. The highest BCUT2D eigenvalue weighted by Crippen LogP contribution is 2.39. The van der Waals surface area contributed by atoms with Crippen LogP contribution in [0.5, 0.6) is 0 Å². The van der Waals surface area contributed by atoms with Gasteiger partial charge in [0.25, 0.3) is 0 Å². The normalized spacial score (nSPS) is 33.2. The summed E-state index contributed by atoms with van der Waals surface area (Å²) in [7, 11) is 0. The number of hydrogen-bond acceptors (Lipinski definition) is 4. The molecule has 0 amide bonds. The van der Waals surface area contributed by atoms with Crippen LogP contribution in [0, 0.1) is 5.92 Å². The summed E-state index contributed by atoms with van der Waals surface area (Å²) in [6.45, 7) is 23.5. The van der Waals surface area contributed by atoms with Crippen molar-refractivity contribution in [3.8, 4) is 0 Å². The zero-order valence-electron chi connectivity index (χ0n) is 19.6. The Morgan fingerprint density at radius 3 is 1.75 bits per heavy atom. The molecule has 28 heavy (non-hydrogen) atoms. The Kier molecular flexibility index (Phi) is 5.90. The lowest BCUT2D eigenvalue weighted by molar-refractivity contribution is -0.122. The van der Waals surface area contributed by atoms with Crippen LogP contribution in [-0.4, -0.2) is 94.6 Å². The van der Waals surface area contributed by atoms with Crippen LogP contribution in [0.15, 0.2) is 0 Å². The fourth-order valence-corrected chi connectivity index (χ4v) is 6.71. The monoisotopic (exact) mass is 390 g/mol. The summed E-state index contributed by atoms with van der Waals surface area (Å²) in [6, 6.07) is 2.50. The van der Waals surface area contributed by atoms with Gasteiger partial charge in [0.15, 0.2) is 0 Å². The van der Waals surface area contributed by atoms with Crippen LogP contribution < -0.4 is 0 Å². The first kappa shape index (κ1) is 21.1. The number of piperazine rings is 1. The smallest absolute Gasteiger partial charge is 0.0247 e. The zero-order chi connectivity index (χ0) is 20.1. The van der Waals surface area contributed by atoms with Crippen molar-refractivity contribution in [1.82, 2.24) is 19.6 Å². The Morgan fingerprint density at radius 1 is 0.679 bits per heavy atom. The lowest BCUT2D eigenvalue weighted by Crippen LogP contribution is -2.73. The molecule has 0 aromatic carbocycles. The van der Waals surface area contributed by atoms with Gasteiger partial charge in [0.2, 0.25) is 0 Å². The quantitative estimate of drug-likeness (QED) is 0.731. The highest BCUT2D eigenvalue weighted by molar-refractivity contribution is 5.05. The molecule has 0 saturated carbocycles. The number of likely N-dealkylation sites (tertiary alicyclic amines) is 2. The standard InChI is InChI=1S/C24H46N4/c1-23(2,3)27-13-9-20(10-14-27)26-11-7-19(8-12-26)16-25-17-21-15-22(18-25)28(21)24(4,5)6/h19-22H,7-18H2,1-6H3. The average molecular weight is 391 g/mol. The van der Waals surface area contributed by atoms with E-state index in [1.807, 2.05) is 0 Å². The van der Waals surface area contributed by atoms with Crippen molar-refractivity contribution in [2.45, 2.75) is 103 Å². The summed E-state index contributed by atoms with van der Waals surface area (Å²) >= 11 is 0. The minimum absolute atomic E-state index is 0.343. The van der Waals surface area contributed by atoms with Gasteiger partial charge in [0.05, 0.1) is 0 Å². The largest absolute Gasteiger partial charge is 0.300 e. The molecular formula is C24H46N4. The van der Waals surface area contributed by atoms with Crippen molar-refractivity contribution in [2.75, 3.05) is 45.8 Å². The molecule has 0 radical (unpaired) electrons. The number of nitrogens with zero attached hydrogens (tertiary/aromatic N) is 4. The molecule has 162 valence electrons. The molecule has 0 aromatic heterocycles. The first-order valence-electron chi connectivity index (χ1n) is 12.1. The first-order valence-corrected chi connectivity index (χ1v) is 12.1. The molecule has 2 atom stereocenters. The second kappa shape index (κ2) is 7.83. The van der Waals surface area contributed by atoms with E-state index in [0.717, 1.165) is 24.0 Å². The number of piperidine rings is 3. The van der Waals surface area contributed by atoms with Gasteiger partial charge in [0.1, 0.15) is 0 Å². The van der Waals surface area contributed by atoms with Crippen molar-refractivity contribution in [2.24, 2.45) is 5.92 Å². The van der Waals surface area contributed by atoms with E-state index in [9.17, 15) is 0 Å². The predicted molar refractivity (Wildman–Crippen MR) is 119 cm³/mol. The Labute approximate surface area is 174 Å². The molecule has 5 aliphatic rings. The number of fused-ring (bicyclic) bond motifs is 2. The Morgan fingerprint density at radius 2 is 1.25 bits per heavy atom. The summed E-state index contributed by atoms with van der Waals surface area (Å²) in [4.78, 5) is 11.1. The Hall–Kier alpha value is -0.160. The molecule has 5 aliphatic heterocycles. The van der Waals surface area contributed by atoms with E-state index in [1.54, 1.807) is 0 Å². The molecule has 5 saturated heterocycles. The number of hydrogen-bond donors (Lipinski definition) is 0. The third kappa shape index (κ3) is 4.45. The van der Waals surface area contributed by atoms with Crippen LogP contribution in [0.3, 0.4) is 0 Å². The maximum atomic E-state index is 2.84. The SMILES string of the molecule is CC(C)(C)N1CCC(N2CCC(CN3CC4CC(C3)N4C(C)(C)C)CC2)CC1. The van der Waals surface area contributed by atoms with Crippen molar-refractivity contribution >= 4 is 0 Å². The van der Waals surface area contributed by atoms with E-state index in [0.29, 0.717) is 11.1 Å². The maximum absolute atomic E-state index is 2.84. The topological polar surface area (TPSA) is 13.0 Å². The van der Waals surface area contributed by atoms with E-state index < -0.39 is 0 Å². The van der Waals surface area contributed by atoms with Gasteiger partial charge in [0, 0.05) is 61.9 Å². The van der Waals surface area contributed by atoms with E-state index in [2.05, 4.69) is 61.1 Å². The molecule has 2 unspecified atom stereocenters. The molecule has 0 aromatic rings. The summed E-state index contributed by atoms with van der Waals surface area (Å²) in [6.07, 6.45) is 7.04. The fourth-order valence-electron chi connectivity index (χ4n) is 6.71. The fraction of sp³-hybridized carbons (Fsp3) is 1.00. The van der Waals surface area contributed by atoms with Crippen LogP contribution in [0.2, 0.25) is 0 Å². The highest BCUT2D eigenvalue weighted by atomic mass is 15.4. The maximum Gasteiger partial charge on any atom is 0.0247 e. The van der Waals surface area contributed by atoms with E-state index in [-0.39, 0.29) is 0 Å². The van der Waals surface area contributed by atoms with E-state index in [4.69, 9.17) is 0 Å². The molecule has 4 heteroatoms. The van der Waals surface area contributed by atoms with E-state index in [1.165, 1.54) is 77.9 Å². The summed E-state index contributed by atoms with van der Waals surface area (Å²) in [5.41, 5.74) is 0.698. The predicted octanol–water partition coefficient (Wildman–Crippen LogP) is 3.52. The van der Waals surface area contributed by atoms with Crippen LogP contribution >= 0.6 is 0 Å². The third-order valence-electron chi connectivity index (χ3n) is 8.14. The summed E-state index contributed by atoms with van der Waals surface area (Å²) in [5.74, 6) is 0.937. The lowest BCUT2D eigenvalue weighted by Gasteiger charge is -2.62. The van der Waals surface area contributed by atoms with Gasteiger partial charge in [-0.3, -0.25) is 14.7 Å².